The van der Waals surface area contributed by atoms with Crippen LogP contribution < -0.4 is 16.0 Å². The van der Waals surface area contributed by atoms with Gasteiger partial charge in [0.25, 0.3) is 5.91 Å². The highest BCUT2D eigenvalue weighted by Crippen LogP contribution is 2.30. The number of nitrogens with one attached hydrogen (secondary N) is 3. The van der Waals surface area contributed by atoms with Crippen LogP contribution in [0.5, 0.6) is 0 Å². The predicted molar refractivity (Wildman–Crippen MR) is 110 cm³/mol. The van der Waals surface area contributed by atoms with Gasteiger partial charge in [-0.25, -0.2) is 0 Å². The van der Waals surface area contributed by atoms with Gasteiger partial charge in [-0.1, -0.05) is 6.07 Å². The van der Waals surface area contributed by atoms with Crippen LogP contribution >= 0.6 is 0 Å². The molecule has 32 heavy (non-hydrogen) atoms. The summed E-state index contributed by atoms with van der Waals surface area (Å²) >= 11 is 0. The van der Waals surface area contributed by atoms with Gasteiger partial charge in [-0.3, -0.25) is 19.2 Å². The van der Waals surface area contributed by atoms with Crippen LogP contribution in [0.4, 0.5) is 30.2 Å². The van der Waals surface area contributed by atoms with Gasteiger partial charge in [-0.2, -0.15) is 13.2 Å². The number of amides is 3. The molecule has 0 aliphatic heterocycles. The molecule has 0 aliphatic carbocycles. The fraction of sp³-hybridized carbons (Fsp3) is 0.238. The van der Waals surface area contributed by atoms with E-state index in [9.17, 15) is 32.3 Å². The van der Waals surface area contributed by atoms with E-state index in [-0.39, 0.29) is 24.4 Å². The van der Waals surface area contributed by atoms with Gasteiger partial charge in [0.2, 0.25) is 11.8 Å². The third-order valence-corrected chi connectivity index (χ3v) is 3.88. The lowest BCUT2D eigenvalue weighted by Crippen LogP contribution is -2.22. The maximum absolute atomic E-state index is 12.7. The molecule has 0 heterocycles. The van der Waals surface area contributed by atoms with Gasteiger partial charge in [0.15, 0.2) is 6.61 Å². The molecule has 0 saturated carbocycles. The third kappa shape index (κ3) is 8.46. The second-order valence-corrected chi connectivity index (χ2v) is 6.59. The Kier molecular flexibility index (Phi) is 8.33. The Morgan fingerprint density at radius 1 is 0.812 bits per heavy atom. The Hall–Kier alpha value is -3.89. The van der Waals surface area contributed by atoms with Crippen molar-refractivity contribution in [1.82, 2.24) is 0 Å². The van der Waals surface area contributed by atoms with Gasteiger partial charge < -0.3 is 20.7 Å². The van der Waals surface area contributed by atoms with Crippen LogP contribution in [-0.2, 0) is 30.1 Å². The number of benzene rings is 2. The standard InChI is InChI=1S/C21H20F3N3O5/c1-13(28)25-15-5-7-16(8-6-15)26-18(29)9-10-20(31)32-12-19(30)27-17-4-2-3-14(11-17)21(22,23)24/h2-8,11H,9-10,12H2,1H3,(H,25,28)(H,26,29)(H,27,30). The minimum Gasteiger partial charge on any atom is -0.456 e. The minimum atomic E-state index is -4.55. The first-order chi connectivity index (χ1) is 15.0. The Morgan fingerprint density at radius 2 is 1.41 bits per heavy atom. The predicted octanol–water partition coefficient (Wildman–Crippen LogP) is 3.56. The summed E-state index contributed by atoms with van der Waals surface area (Å²) in [5, 5.41) is 7.34. The zero-order chi connectivity index (χ0) is 23.7. The molecule has 0 unspecified atom stereocenters. The zero-order valence-electron chi connectivity index (χ0n) is 16.9. The van der Waals surface area contributed by atoms with E-state index in [2.05, 4.69) is 16.0 Å². The molecule has 0 spiro atoms. The first-order valence-corrected chi connectivity index (χ1v) is 9.33. The van der Waals surface area contributed by atoms with Crippen molar-refractivity contribution < 1.29 is 37.1 Å². The number of hydrogen-bond acceptors (Lipinski definition) is 5. The van der Waals surface area contributed by atoms with E-state index in [0.29, 0.717) is 11.4 Å². The molecule has 170 valence electrons. The maximum Gasteiger partial charge on any atom is 0.416 e. The number of hydrogen-bond donors (Lipinski definition) is 3. The Bertz CT molecular complexity index is 991. The second-order valence-electron chi connectivity index (χ2n) is 6.59. The van der Waals surface area contributed by atoms with Crippen LogP contribution in [0.3, 0.4) is 0 Å². The number of halogens is 3. The summed E-state index contributed by atoms with van der Waals surface area (Å²) in [6.07, 6.45) is -5.06. The topological polar surface area (TPSA) is 114 Å². The first-order valence-electron chi connectivity index (χ1n) is 9.33. The number of esters is 1. The molecule has 0 bridgehead atoms. The minimum absolute atomic E-state index is 0.0928. The van der Waals surface area contributed by atoms with Crippen molar-refractivity contribution >= 4 is 40.8 Å². The van der Waals surface area contributed by atoms with E-state index >= 15 is 0 Å². The van der Waals surface area contributed by atoms with Gasteiger partial charge in [0.1, 0.15) is 0 Å². The molecule has 0 radical (unpaired) electrons. The SMILES string of the molecule is CC(=O)Nc1ccc(NC(=O)CCC(=O)OCC(=O)Nc2cccc(C(F)(F)F)c2)cc1. The van der Waals surface area contributed by atoms with Crippen LogP contribution in [-0.4, -0.2) is 30.3 Å². The van der Waals surface area contributed by atoms with Gasteiger partial charge in [-0.15, -0.1) is 0 Å². The number of carbonyl (C=O) groups is 4. The summed E-state index contributed by atoms with van der Waals surface area (Å²) in [6.45, 7) is 0.658. The molecule has 8 nitrogen and oxygen atoms in total. The van der Waals surface area contributed by atoms with Gasteiger partial charge in [0, 0.05) is 30.4 Å². The summed E-state index contributed by atoms with van der Waals surface area (Å²) in [5.74, 6) is -2.34. The lowest BCUT2D eigenvalue weighted by atomic mass is 10.2. The number of rotatable bonds is 8. The molecule has 2 rings (SSSR count). The molecule has 3 N–H and O–H groups in total. The average molecular weight is 451 g/mol. The van der Waals surface area contributed by atoms with Crippen molar-refractivity contribution in [3.63, 3.8) is 0 Å². The van der Waals surface area contributed by atoms with Crippen LogP contribution in [0.15, 0.2) is 48.5 Å². The molecule has 0 atom stereocenters. The molecular formula is C21H20F3N3O5. The lowest BCUT2D eigenvalue weighted by molar-refractivity contribution is -0.147. The Morgan fingerprint density at radius 3 is 2.00 bits per heavy atom. The molecule has 3 amide bonds. The van der Waals surface area contributed by atoms with Crippen molar-refractivity contribution in [2.45, 2.75) is 25.9 Å². The van der Waals surface area contributed by atoms with Crippen LogP contribution in [0.2, 0.25) is 0 Å². The maximum atomic E-state index is 12.7. The highest BCUT2D eigenvalue weighted by atomic mass is 19.4. The van der Waals surface area contributed by atoms with E-state index in [0.717, 1.165) is 18.2 Å². The smallest absolute Gasteiger partial charge is 0.416 e. The normalized spacial score (nSPS) is 10.8. The quantitative estimate of drug-likeness (QED) is 0.531. The van der Waals surface area contributed by atoms with Gasteiger partial charge in [-0.05, 0) is 42.5 Å². The largest absolute Gasteiger partial charge is 0.456 e. The van der Waals surface area contributed by atoms with Crippen molar-refractivity contribution in [2.24, 2.45) is 0 Å². The summed E-state index contributed by atoms with van der Waals surface area (Å²) in [5.41, 5.74) is -0.00624. The van der Waals surface area contributed by atoms with Gasteiger partial charge in [0.05, 0.1) is 12.0 Å². The van der Waals surface area contributed by atoms with Crippen LogP contribution in [0, 0.1) is 0 Å². The number of ether oxygens (including phenoxy) is 1. The molecule has 0 saturated heterocycles. The molecular weight excluding hydrogens is 431 g/mol. The first kappa shape index (κ1) is 24.4. The highest BCUT2D eigenvalue weighted by molar-refractivity contribution is 5.95. The fourth-order valence-electron chi connectivity index (χ4n) is 2.47. The summed E-state index contributed by atoms with van der Waals surface area (Å²) in [6, 6.07) is 10.3. The van der Waals surface area contributed by atoms with E-state index in [1.54, 1.807) is 24.3 Å². The number of alkyl halides is 3. The van der Waals surface area contributed by atoms with Gasteiger partial charge >= 0.3 is 12.1 Å². The molecule has 0 fully saturated rings. The molecule has 0 aromatic heterocycles. The van der Waals surface area contributed by atoms with Crippen LogP contribution in [0.25, 0.3) is 0 Å². The Labute approximate surface area is 181 Å². The van der Waals surface area contributed by atoms with E-state index in [1.807, 2.05) is 0 Å². The van der Waals surface area contributed by atoms with Crippen molar-refractivity contribution in [3.05, 3.63) is 54.1 Å². The van der Waals surface area contributed by atoms with Crippen molar-refractivity contribution in [3.8, 4) is 0 Å². The molecule has 11 heteroatoms. The third-order valence-electron chi connectivity index (χ3n) is 3.88. The van der Waals surface area contributed by atoms with Crippen molar-refractivity contribution in [1.29, 1.82) is 0 Å². The summed E-state index contributed by atoms with van der Waals surface area (Å²) < 4.78 is 42.8. The highest BCUT2D eigenvalue weighted by Gasteiger charge is 2.30. The monoisotopic (exact) mass is 451 g/mol. The summed E-state index contributed by atoms with van der Waals surface area (Å²) in [7, 11) is 0. The number of carbonyl (C=O) groups excluding carboxylic acids is 4. The summed E-state index contributed by atoms with van der Waals surface area (Å²) in [4.78, 5) is 46.4. The Balaban J connectivity index is 1.72. The molecule has 2 aromatic carbocycles. The zero-order valence-corrected chi connectivity index (χ0v) is 16.9. The molecule has 2 aromatic rings. The lowest BCUT2D eigenvalue weighted by Gasteiger charge is -2.10. The second kappa shape index (κ2) is 10.9. The van der Waals surface area contributed by atoms with E-state index < -0.39 is 36.1 Å². The van der Waals surface area contributed by atoms with E-state index in [4.69, 9.17) is 4.74 Å². The molecule has 0 aliphatic rings. The van der Waals surface area contributed by atoms with E-state index in [1.165, 1.54) is 13.0 Å². The van der Waals surface area contributed by atoms with Crippen LogP contribution in [0.1, 0.15) is 25.3 Å². The average Bonchev–Trinajstić information content (AvgIpc) is 2.71. The number of anilines is 3. The van der Waals surface area contributed by atoms with Crippen molar-refractivity contribution in [2.75, 3.05) is 22.6 Å². The fourth-order valence-corrected chi connectivity index (χ4v) is 2.47.